The summed E-state index contributed by atoms with van der Waals surface area (Å²) in [6, 6.07) is 44.7. The van der Waals surface area contributed by atoms with Crippen molar-refractivity contribution in [3.8, 4) is 0 Å². The number of anilines is 3. The second kappa shape index (κ2) is 25.4. The maximum Gasteiger partial charge on any atom is 0.500 e. The van der Waals surface area contributed by atoms with E-state index in [1.54, 1.807) is 42.7 Å². The molecule has 0 saturated carbocycles. The fourth-order valence-electron chi connectivity index (χ4n) is 7.30. The lowest BCUT2D eigenvalue weighted by Gasteiger charge is -2.26. The number of para-hydroxylation sites is 1. The number of carbonyl (C=O) groups is 2. The van der Waals surface area contributed by atoms with Crippen LogP contribution in [0, 0.1) is 0 Å². The van der Waals surface area contributed by atoms with E-state index in [2.05, 4.69) is 65.6 Å². The average Bonchev–Trinajstić information content (AvgIpc) is 3.33. The van der Waals surface area contributed by atoms with Gasteiger partial charge in [-0.25, -0.2) is 0 Å². The Labute approximate surface area is 375 Å². The first-order chi connectivity index (χ1) is 30.7. The Bertz CT molecular complexity index is 1940. The fraction of sp³-hybridized carbons (Fsp3) is 0.360. The summed E-state index contributed by atoms with van der Waals surface area (Å²) in [5, 5.41) is 0. The molecular weight excluding hydrogens is 831 g/mol. The number of hydrogen-bond acceptors (Lipinski definition) is 11. The summed E-state index contributed by atoms with van der Waals surface area (Å²) in [5.41, 5.74) is 9.59. The van der Waals surface area contributed by atoms with Crippen LogP contribution in [0.15, 0.2) is 127 Å². The summed E-state index contributed by atoms with van der Waals surface area (Å²) in [5.74, 6) is -0.413. The molecular formula is C50H63NO10Si2. The van der Waals surface area contributed by atoms with Crippen LogP contribution in [-0.4, -0.2) is 72.2 Å². The first kappa shape index (κ1) is 49.1. The standard InChI is InChI=1S/C50H63NO10Si2/c1-54-62(55-2,56-3)36-34-42-18-22-44(23-19-42)38-60-49(52)16-10-12-40-26-30-47(31-27-40)51(46-14-8-7-9-15-46)48-32-28-41(29-33-48)13-11-17-50(53)61-39-45-24-20-43(21-25-45)35-37-63(57-4,58-5)59-6/h7-9,14-15,18-33H,10-13,16-17,34-39H2,1-6H3. The molecule has 0 fully saturated rings. The van der Waals surface area contributed by atoms with E-state index in [0.29, 0.717) is 37.8 Å². The molecule has 0 spiro atoms. The summed E-state index contributed by atoms with van der Waals surface area (Å²) in [6.45, 7) is 0.487. The Balaban J connectivity index is 1.05. The van der Waals surface area contributed by atoms with Gasteiger partial charge in [0.1, 0.15) is 13.2 Å². The molecule has 0 radical (unpaired) electrons. The molecule has 0 aliphatic heterocycles. The van der Waals surface area contributed by atoms with E-state index >= 15 is 0 Å². The van der Waals surface area contributed by atoms with E-state index in [-0.39, 0.29) is 25.2 Å². The third-order valence-electron chi connectivity index (χ3n) is 11.2. The number of rotatable bonds is 27. The molecule has 0 heterocycles. The summed E-state index contributed by atoms with van der Waals surface area (Å²) in [4.78, 5) is 27.4. The largest absolute Gasteiger partial charge is 0.500 e. The zero-order valence-electron chi connectivity index (χ0n) is 37.6. The van der Waals surface area contributed by atoms with Gasteiger partial charge in [0, 0.05) is 84.7 Å². The molecule has 0 aromatic heterocycles. The van der Waals surface area contributed by atoms with Crippen LogP contribution in [0.5, 0.6) is 0 Å². The van der Waals surface area contributed by atoms with Gasteiger partial charge in [-0.15, -0.1) is 0 Å². The van der Waals surface area contributed by atoms with Gasteiger partial charge in [0.05, 0.1) is 0 Å². The smallest absolute Gasteiger partial charge is 0.461 e. The van der Waals surface area contributed by atoms with E-state index in [1.807, 2.05) is 66.7 Å². The molecule has 5 aromatic carbocycles. The highest BCUT2D eigenvalue weighted by molar-refractivity contribution is 6.61. The Hall–Kier alpha value is -4.97. The van der Waals surface area contributed by atoms with E-state index in [1.165, 1.54) is 0 Å². The van der Waals surface area contributed by atoms with Crippen molar-refractivity contribution in [2.45, 2.75) is 76.7 Å². The second-order valence-electron chi connectivity index (χ2n) is 15.3. The summed E-state index contributed by atoms with van der Waals surface area (Å²) in [6.07, 6.45) is 5.16. The minimum atomic E-state index is -2.63. The van der Waals surface area contributed by atoms with E-state index in [0.717, 1.165) is 76.1 Å². The number of carbonyl (C=O) groups excluding carboxylic acids is 2. The number of hydrogen-bond donors (Lipinski definition) is 0. The Morgan fingerprint density at radius 2 is 0.698 bits per heavy atom. The Morgan fingerprint density at radius 3 is 1.05 bits per heavy atom. The number of ether oxygens (including phenoxy) is 2. The van der Waals surface area contributed by atoms with Gasteiger partial charge in [0.2, 0.25) is 0 Å². The minimum absolute atomic E-state index is 0.207. The minimum Gasteiger partial charge on any atom is -0.461 e. The normalized spacial score (nSPS) is 11.7. The van der Waals surface area contributed by atoms with Crippen LogP contribution < -0.4 is 4.90 Å². The average molecular weight is 894 g/mol. The van der Waals surface area contributed by atoms with E-state index in [9.17, 15) is 9.59 Å². The van der Waals surface area contributed by atoms with Crippen molar-refractivity contribution in [2.75, 3.05) is 47.6 Å². The number of esters is 2. The van der Waals surface area contributed by atoms with E-state index < -0.39 is 17.6 Å². The Kier molecular flexibility index (Phi) is 19.7. The lowest BCUT2D eigenvalue weighted by Crippen LogP contribution is -2.43. The fourth-order valence-corrected chi connectivity index (χ4v) is 10.7. The maximum absolute atomic E-state index is 12.6. The van der Waals surface area contributed by atoms with Crippen LogP contribution in [0.1, 0.15) is 59.1 Å². The van der Waals surface area contributed by atoms with Crippen LogP contribution in [0.4, 0.5) is 17.1 Å². The Morgan fingerprint density at radius 1 is 0.397 bits per heavy atom. The van der Waals surface area contributed by atoms with Crippen molar-refractivity contribution in [1.29, 1.82) is 0 Å². The van der Waals surface area contributed by atoms with Crippen molar-refractivity contribution in [2.24, 2.45) is 0 Å². The highest BCUT2D eigenvalue weighted by Crippen LogP contribution is 2.35. The zero-order valence-corrected chi connectivity index (χ0v) is 39.6. The van der Waals surface area contributed by atoms with Gasteiger partial charge in [0.25, 0.3) is 0 Å². The summed E-state index contributed by atoms with van der Waals surface area (Å²) in [7, 11) is 4.46. The van der Waals surface area contributed by atoms with Gasteiger partial charge in [-0.2, -0.15) is 0 Å². The topological polar surface area (TPSA) is 111 Å². The first-order valence-electron chi connectivity index (χ1n) is 21.5. The summed E-state index contributed by atoms with van der Waals surface area (Å²) >= 11 is 0. The molecule has 0 amide bonds. The van der Waals surface area contributed by atoms with Crippen LogP contribution in [0.2, 0.25) is 12.1 Å². The molecule has 0 N–H and O–H groups in total. The summed E-state index contributed by atoms with van der Waals surface area (Å²) < 4.78 is 44.3. The molecule has 11 nitrogen and oxygen atoms in total. The molecule has 5 aromatic rings. The number of nitrogens with zero attached hydrogens (tertiary/aromatic N) is 1. The SMILES string of the molecule is CO[Si](CCc1ccc(COC(=O)CCCc2ccc(N(c3ccccc3)c3ccc(CCCC(=O)OCc4ccc(CC[Si](OC)(OC)OC)cc4)cc3)cc2)cc1)(OC)OC. The molecule has 0 aliphatic carbocycles. The van der Waals surface area contributed by atoms with Crippen molar-refractivity contribution < 1.29 is 45.6 Å². The lowest BCUT2D eigenvalue weighted by molar-refractivity contribution is -0.146. The predicted octanol–water partition coefficient (Wildman–Crippen LogP) is 10.1. The van der Waals surface area contributed by atoms with Crippen LogP contribution in [0.25, 0.3) is 0 Å². The van der Waals surface area contributed by atoms with Gasteiger partial charge in [-0.05, 0) is 108 Å². The van der Waals surface area contributed by atoms with Crippen LogP contribution in [-0.2, 0) is 84.5 Å². The monoisotopic (exact) mass is 893 g/mol. The van der Waals surface area contributed by atoms with Crippen molar-refractivity contribution in [3.63, 3.8) is 0 Å². The molecule has 0 atom stereocenters. The van der Waals surface area contributed by atoms with Crippen molar-refractivity contribution in [3.05, 3.63) is 161 Å². The molecule has 63 heavy (non-hydrogen) atoms. The van der Waals surface area contributed by atoms with Crippen LogP contribution in [0.3, 0.4) is 0 Å². The molecule has 5 rings (SSSR count). The zero-order chi connectivity index (χ0) is 44.9. The number of benzene rings is 5. The van der Waals surface area contributed by atoms with Gasteiger partial charge in [-0.1, -0.05) is 91.0 Å². The molecule has 0 bridgehead atoms. The van der Waals surface area contributed by atoms with E-state index in [4.69, 9.17) is 36.0 Å². The molecule has 0 saturated heterocycles. The molecule has 0 aliphatic rings. The van der Waals surface area contributed by atoms with Crippen molar-refractivity contribution >= 4 is 46.6 Å². The van der Waals surface area contributed by atoms with Gasteiger partial charge in [0.15, 0.2) is 0 Å². The van der Waals surface area contributed by atoms with Gasteiger partial charge >= 0.3 is 29.5 Å². The second-order valence-corrected chi connectivity index (χ2v) is 21.4. The maximum atomic E-state index is 12.6. The third-order valence-corrected chi connectivity index (χ3v) is 16.7. The van der Waals surface area contributed by atoms with Crippen LogP contribution >= 0.6 is 0 Å². The highest BCUT2D eigenvalue weighted by atomic mass is 28.4. The third kappa shape index (κ3) is 15.1. The first-order valence-corrected chi connectivity index (χ1v) is 25.3. The van der Waals surface area contributed by atoms with Gasteiger partial charge < -0.3 is 40.9 Å². The predicted molar refractivity (Wildman–Crippen MR) is 250 cm³/mol. The molecule has 0 unspecified atom stereocenters. The van der Waals surface area contributed by atoms with Crippen molar-refractivity contribution in [1.82, 2.24) is 0 Å². The molecule has 336 valence electrons. The highest BCUT2D eigenvalue weighted by Gasteiger charge is 2.38. The molecule has 13 heteroatoms. The quantitative estimate of drug-likeness (QED) is 0.0371. The number of aryl methyl sites for hydroxylation is 4. The van der Waals surface area contributed by atoms with Gasteiger partial charge in [-0.3, -0.25) is 9.59 Å². The lowest BCUT2D eigenvalue weighted by atomic mass is 10.1.